The molecule has 150 valence electrons. The Hall–Kier alpha value is -3.04. The Labute approximate surface area is 169 Å². The lowest BCUT2D eigenvalue weighted by Gasteiger charge is -2.23. The Morgan fingerprint density at radius 3 is 2.69 bits per heavy atom. The lowest BCUT2D eigenvalue weighted by molar-refractivity contribution is -0.124. The fourth-order valence-electron chi connectivity index (χ4n) is 3.49. The molecule has 1 unspecified atom stereocenters. The number of aromatic nitrogens is 3. The summed E-state index contributed by atoms with van der Waals surface area (Å²) in [7, 11) is -3.71. The molecule has 2 aromatic heterocycles. The van der Waals surface area contributed by atoms with Crippen molar-refractivity contribution < 1.29 is 13.2 Å². The van der Waals surface area contributed by atoms with Crippen molar-refractivity contribution >= 4 is 15.9 Å². The lowest BCUT2D eigenvalue weighted by Crippen LogP contribution is -2.45. The van der Waals surface area contributed by atoms with Crippen molar-refractivity contribution in [3.63, 3.8) is 0 Å². The number of nitrogens with one attached hydrogen (secondary N) is 1. The van der Waals surface area contributed by atoms with Crippen molar-refractivity contribution in [2.75, 3.05) is 6.54 Å². The average Bonchev–Trinajstić information content (AvgIpc) is 3.45. The Kier molecular flexibility index (Phi) is 5.41. The molecule has 1 amide bonds. The van der Waals surface area contributed by atoms with E-state index in [0.717, 1.165) is 5.56 Å². The summed E-state index contributed by atoms with van der Waals surface area (Å²) in [4.78, 5) is 17.4. The van der Waals surface area contributed by atoms with E-state index in [1.165, 1.54) is 4.31 Å². The highest BCUT2D eigenvalue weighted by Crippen LogP contribution is 2.26. The summed E-state index contributed by atoms with van der Waals surface area (Å²) in [5.41, 5.74) is 0.792. The maximum Gasteiger partial charge on any atom is 0.243 e. The van der Waals surface area contributed by atoms with Gasteiger partial charge in [-0.2, -0.15) is 9.40 Å². The third kappa shape index (κ3) is 3.92. The highest BCUT2D eigenvalue weighted by molar-refractivity contribution is 7.89. The minimum absolute atomic E-state index is 0.202. The molecule has 3 heterocycles. The first-order valence-corrected chi connectivity index (χ1v) is 10.8. The van der Waals surface area contributed by atoms with E-state index in [-0.39, 0.29) is 17.3 Å². The second-order valence-corrected chi connectivity index (χ2v) is 8.63. The van der Waals surface area contributed by atoms with E-state index < -0.39 is 16.1 Å². The summed E-state index contributed by atoms with van der Waals surface area (Å²) in [6.07, 6.45) is 6.24. The van der Waals surface area contributed by atoms with Gasteiger partial charge in [-0.05, 0) is 37.1 Å². The normalized spacial score (nSPS) is 17.3. The topological polar surface area (TPSA) is 97.2 Å². The van der Waals surface area contributed by atoms with Crippen LogP contribution >= 0.6 is 0 Å². The van der Waals surface area contributed by atoms with E-state index in [1.807, 2.05) is 6.07 Å². The molecule has 0 spiro atoms. The second kappa shape index (κ2) is 8.14. The van der Waals surface area contributed by atoms with Crippen LogP contribution in [0.5, 0.6) is 0 Å². The zero-order valence-corrected chi connectivity index (χ0v) is 16.5. The largest absolute Gasteiger partial charge is 0.350 e. The molecule has 1 saturated heterocycles. The molecule has 1 N–H and O–H groups in total. The SMILES string of the molecule is O=C(NCc1cccnc1-n1cccn1)C1CCCN1S(=O)(=O)c1ccccc1. The first-order valence-electron chi connectivity index (χ1n) is 9.36. The molecule has 0 aliphatic carbocycles. The second-order valence-electron chi connectivity index (χ2n) is 6.74. The fourth-order valence-corrected chi connectivity index (χ4v) is 5.16. The van der Waals surface area contributed by atoms with Gasteiger partial charge >= 0.3 is 0 Å². The highest BCUT2D eigenvalue weighted by atomic mass is 32.2. The number of nitrogens with zero attached hydrogens (tertiary/aromatic N) is 4. The Morgan fingerprint density at radius 1 is 1.10 bits per heavy atom. The van der Waals surface area contributed by atoms with Crippen LogP contribution in [0.2, 0.25) is 0 Å². The molecule has 1 atom stereocenters. The minimum atomic E-state index is -3.71. The summed E-state index contributed by atoms with van der Waals surface area (Å²) < 4.78 is 28.8. The summed E-state index contributed by atoms with van der Waals surface area (Å²) in [5, 5.41) is 7.05. The molecule has 1 aliphatic rings. The van der Waals surface area contributed by atoms with Gasteiger partial charge in [0.2, 0.25) is 15.9 Å². The molecule has 0 saturated carbocycles. The van der Waals surface area contributed by atoms with Crippen LogP contribution in [0.15, 0.2) is 72.0 Å². The zero-order chi connectivity index (χ0) is 20.3. The van der Waals surface area contributed by atoms with Crippen molar-refractivity contribution in [2.24, 2.45) is 0 Å². The van der Waals surface area contributed by atoms with Crippen LogP contribution in [-0.2, 0) is 21.4 Å². The molecule has 1 fully saturated rings. The highest BCUT2D eigenvalue weighted by Gasteiger charge is 2.39. The van der Waals surface area contributed by atoms with E-state index in [4.69, 9.17) is 0 Å². The molecule has 1 aromatic carbocycles. The van der Waals surface area contributed by atoms with Gasteiger partial charge in [0.05, 0.1) is 4.90 Å². The molecule has 0 bridgehead atoms. The third-order valence-corrected chi connectivity index (χ3v) is 6.82. The molecule has 8 nitrogen and oxygen atoms in total. The van der Waals surface area contributed by atoms with Gasteiger partial charge in [0.25, 0.3) is 0 Å². The molecular formula is C20H21N5O3S. The van der Waals surface area contributed by atoms with Gasteiger partial charge in [-0.1, -0.05) is 24.3 Å². The van der Waals surface area contributed by atoms with Gasteiger partial charge in [-0.3, -0.25) is 4.79 Å². The van der Waals surface area contributed by atoms with Gasteiger partial charge in [0.1, 0.15) is 6.04 Å². The maximum absolute atomic E-state index is 13.0. The average molecular weight is 411 g/mol. The summed E-state index contributed by atoms with van der Waals surface area (Å²) >= 11 is 0. The van der Waals surface area contributed by atoms with Crippen molar-refractivity contribution in [1.82, 2.24) is 24.4 Å². The number of carbonyl (C=O) groups excluding carboxylic acids is 1. The predicted octanol–water partition coefficient (Wildman–Crippen LogP) is 1.74. The maximum atomic E-state index is 13.0. The van der Waals surface area contributed by atoms with Crippen molar-refractivity contribution in [3.05, 3.63) is 72.7 Å². The number of sulfonamides is 1. The van der Waals surface area contributed by atoms with Gasteiger partial charge in [-0.15, -0.1) is 0 Å². The first kappa shape index (κ1) is 19.3. The third-order valence-electron chi connectivity index (χ3n) is 4.90. The fraction of sp³-hybridized carbons (Fsp3) is 0.250. The Morgan fingerprint density at radius 2 is 1.93 bits per heavy atom. The van der Waals surface area contributed by atoms with E-state index in [1.54, 1.807) is 65.7 Å². The monoisotopic (exact) mass is 411 g/mol. The molecule has 0 radical (unpaired) electrons. The van der Waals surface area contributed by atoms with Crippen LogP contribution in [0.4, 0.5) is 0 Å². The number of hydrogen-bond acceptors (Lipinski definition) is 5. The van der Waals surface area contributed by atoms with E-state index >= 15 is 0 Å². The van der Waals surface area contributed by atoms with Gasteiger partial charge in [0, 0.05) is 37.2 Å². The summed E-state index contributed by atoms with van der Waals surface area (Å²) in [6.45, 7) is 0.568. The first-order chi connectivity index (χ1) is 14.1. The van der Waals surface area contributed by atoms with Gasteiger partial charge in [-0.25, -0.2) is 18.1 Å². The Balaban J connectivity index is 1.49. The zero-order valence-electron chi connectivity index (χ0n) is 15.7. The predicted molar refractivity (Wildman–Crippen MR) is 107 cm³/mol. The number of carbonyl (C=O) groups is 1. The van der Waals surface area contributed by atoms with Crippen molar-refractivity contribution in [2.45, 2.75) is 30.3 Å². The number of pyridine rings is 1. The van der Waals surface area contributed by atoms with Gasteiger partial charge < -0.3 is 5.32 Å². The van der Waals surface area contributed by atoms with Crippen LogP contribution < -0.4 is 5.32 Å². The van der Waals surface area contributed by atoms with E-state index in [9.17, 15) is 13.2 Å². The van der Waals surface area contributed by atoms with Gasteiger partial charge in [0.15, 0.2) is 5.82 Å². The van der Waals surface area contributed by atoms with Crippen LogP contribution in [0.3, 0.4) is 0 Å². The smallest absolute Gasteiger partial charge is 0.243 e. The molecule has 1 aliphatic heterocycles. The molecule has 3 aromatic rings. The van der Waals surface area contributed by atoms with Crippen molar-refractivity contribution in [3.8, 4) is 5.82 Å². The van der Waals surface area contributed by atoms with E-state index in [2.05, 4.69) is 15.4 Å². The molecule has 29 heavy (non-hydrogen) atoms. The molecule has 4 rings (SSSR count). The number of rotatable bonds is 6. The summed E-state index contributed by atoms with van der Waals surface area (Å²) in [6, 6.07) is 12.9. The van der Waals surface area contributed by atoms with E-state index in [0.29, 0.717) is 25.2 Å². The number of amides is 1. The lowest BCUT2D eigenvalue weighted by atomic mass is 10.2. The quantitative estimate of drug-likeness (QED) is 0.666. The summed E-state index contributed by atoms with van der Waals surface area (Å²) in [5.74, 6) is 0.315. The number of benzene rings is 1. The van der Waals surface area contributed by atoms with Crippen LogP contribution in [-0.4, -0.2) is 46.0 Å². The minimum Gasteiger partial charge on any atom is -0.350 e. The Bertz CT molecular complexity index is 1080. The van der Waals surface area contributed by atoms with Crippen LogP contribution in [0.25, 0.3) is 5.82 Å². The number of hydrogen-bond donors (Lipinski definition) is 1. The molecule has 9 heteroatoms. The van der Waals surface area contributed by atoms with Crippen molar-refractivity contribution in [1.29, 1.82) is 0 Å². The standard InChI is InChI=1S/C20H21N5O3S/c26-20(22-15-16-7-4-11-21-19(16)24-13-6-12-23-24)18-10-5-14-25(18)29(27,28)17-8-2-1-3-9-17/h1-4,6-9,11-13,18H,5,10,14-15H2,(H,22,26). The van der Waals surface area contributed by atoms with Crippen LogP contribution in [0, 0.1) is 0 Å². The molecular weight excluding hydrogens is 390 g/mol. The van der Waals surface area contributed by atoms with Crippen LogP contribution in [0.1, 0.15) is 18.4 Å².